The zero-order chi connectivity index (χ0) is 25.1. The Hall–Kier alpha value is -4.21. The third kappa shape index (κ3) is 8.73. The van der Waals surface area contributed by atoms with Gasteiger partial charge in [-0.2, -0.15) is 0 Å². The highest BCUT2D eigenvalue weighted by Gasteiger charge is 2.13. The minimum absolute atomic E-state index is 0.146. The van der Waals surface area contributed by atoms with E-state index in [0.29, 0.717) is 22.5 Å². The first-order chi connectivity index (χ1) is 16.2. The summed E-state index contributed by atoms with van der Waals surface area (Å²) in [6.07, 6.45) is -0.601. The Morgan fingerprint density at radius 2 is 1.24 bits per heavy atom. The van der Waals surface area contributed by atoms with Crippen LogP contribution in [0.5, 0.6) is 0 Å². The second-order valence-corrected chi connectivity index (χ2v) is 7.36. The van der Waals surface area contributed by atoms with Gasteiger partial charge in [-0.1, -0.05) is 0 Å². The molecule has 0 bridgehead atoms. The SMILES string of the molecule is COC(=O)c1ccc(NC(=O)COC(=O)CCC(=O)Nc2ccc(C(=O)OC(C)C)cc2)cc1. The summed E-state index contributed by atoms with van der Waals surface area (Å²) >= 11 is 0. The Morgan fingerprint density at radius 3 is 1.74 bits per heavy atom. The molecule has 0 unspecified atom stereocenters. The predicted octanol–water partition coefficient (Wildman–Crippen LogP) is 2.94. The van der Waals surface area contributed by atoms with Crippen molar-refractivity contribution in [2.24, 2.45) is 0 Å². The Bertz CT molecular complexity index is 1030. The van der Waals surface area contributed by atoms with Gasteiger partial charge in [-0.05, 0) is 62.4 Å². The van der Waals surface area contributed by atoms with Gasteiger partial charge in [0.2, 0.25) is 5.91 Å². The molecular weight excluding hydrogens is 444 g/mol. The van der Waals surface area contributed by atoms with E-state index in [1.54, 1.807) is 26.0 Å². The Morgan fingerprint density at radius 1 is 0.735 bits per heavy atom. The molecule has 2 N–H and O–H groups in total. The maximum absolute atomic E-state index is 12.0. The zero-order valence-corrected chi connectivity index (χ0v) is 19.1. The highest BCUT2D eigenvalue weighted by atomic mass is 16.5. The molecule has 180 valence electrons. The summed E-state index contributed by atoms with van der Waals surface area (Å²) in [6.45, 7) is 2.97. The van der Waals surface area contributed by atoms with Crippen LogP contribution in [-0.4, -0.2) is 49.5 Å². The second kappa shape index (κ2) is 12.7. The number of amides is 2. The molecule has 2 rings (SSSR count). The van der Waals surface area contributed by atoms with Gasteiger partial charge in [0.15, 0.2) is 6.61 Å². The van der Waals surface area contributed by atoms with Crippen molar-refractivity contribution in [1.29, 1.82) is 0 Å². The molecule has 0 radical (unpaired) electrons. The van der Waals surface area contributed by atoms with E-state index in [0.717, 1.165) is 0 Å². The van der Waals surface area contributed by atoms with E-state index >= 15 is 0 Å². The predicted molar refractivity (Wildman–Crippen MR) is 122 cm³/mol. The van der Waals surface area contributed by atoms with E-state index in [2.05, 4.69) is 15.4 Å². The van der Waals surface area contributed by atoms with E-state index < -0.39 is 36.3 Å². The lowest BCUT2D eigenvalue weighted by Crippen LogP contribution is -2.21. The van der Waals surface area contributed by atoms with Crippen LogP contribution in [0.2, 0.25) is 0 Å². The number of hydrogen-bond acceptors (Lipinski definition) is 8. The lowest BCUT2D eigenvalue weighted by atomic mass is 10.2. The standard InChI is InChI=1S/C24H26N2O8/c1-15(2)34-24(31)17-6-10-18(11-7-17)25-20(27)12-13-22(29)33-14-21(28)26-19-8-4-16(5-9-19)23(30)32-3/h4-11,15H,12-14H2,1-3H3,(H,25,27)(H,26,28). The van der Waals surface area contributed by atoms with Crippen molar-refractivity contribution >= 4 is 41.1 Å². The quantitative estimate of drug-likeness (QED) is 0.399. The Labute approximate surface area is 196 Å². The average Bonchev–Trinajstić information content (AvgIpc) is 2.81. The summed E-state index contributed by atoms with van der Waals surface area (Å²) in [7, 11) is 1.26. The largest absolute Gasteiger partial charge is 0.465 e. The fourth-order valence-electron chi connectivity index (χ4n) is 2.63. The van der Waals surface area contributed by atoms with Gasteiger partial charge in [-0.15, -0.1) is 0 Å². The molecule has 0 saturated carbocycles. The summed E-state index contributed by atoms with van der Waals surface area (Å²) < 4.78 is 14.6. The van der Waals surface area contributed by atoms with Crippen molar-refractivity contribution < 1.29 is 38.2 Å². The summed E-state index contributed by atoms with van der Waals surface area (Å²) in [5, 5.41) is 5.13. The van der Waals surface area contributed by atoms with Crippen LogP contribution < -0.4 is 10.6 Å². The van der Waals surface area contributed by atoms with Gasteiger partial charge in [0.1, 0.15) is 0 Å². The molecule has 34 heavy (non-hydrogen) atoms. The monoisotopic (exact) mass is 470 g/mol. The third-order valence-electron chi connectivity index (χ3n) is 4.26. The van der Waals surface area contributed by atoms with E-state index in [1.807, 2.05) is 0 Å². The summed E-state index contributed by atoms with van der Waals surface area (Å²) in [5.41, 5.74) is 1.55. The number of carbonyl (C=O) groups excluding carboxylic acids is 5. The summed E-state index contributed by atoms with van der Waals surface area (Å²) in [6, 6.07) is 12.1. The minimum Gasteiger partial charge on any atom is -0.465 e. The van der Waals surface area contributed by atoms with Gasteiger partial charge in [0, 0.05) is 17.8 Å². The second-order valence-electron chi connectivity index (χ2n) is 7.36. The first-order valence-corrected chi connectivity index (χ1v) is 10.4. The topological polar surface area (TPSA) is 137 Å². The van der Waals surface area contributed by atoms with Crippen molar-refractivity contribution in [3.63, 3.8) is 0 Å². The molecule has 2 aromatic carbocycles. The van der Waals surface area contributed by atoms with Gasteiger partial charge in [-0.25, -0.2) is 9.59 Å². The molecule has 0 aliphatic rings. The molecule has 0 fully saturated rings. The number of benzene rings is 2. The molecule has 0 saturated heterocycles. The highest BCUT2D eigenvalue weighted by Crippen LogP contribution is 2.13. The zero-order valence-electron chi connectivity index (χ0n) is 19.1. The van der Waals surface area contributed by atoms with Crippen LogP contribution in [0, 0.1) is 0 Å². The number of hydrogen-bond donors (Lipinski definition) is 2. The molecule has 0 aliphatic carbocycles. The fraction of sp³-hybridized carbons (Fsp3) is 0.292. The number of esters is 3. The van der Waals surface area contributed by atoms with Crippen LogP contribution in [-0.2, 0) is 28.6 Å². The number of carbonyl (C=O) groups is 5. The molecule has 0 aliphatic heterocycles. The first kappa shape index (κ1) is 26.0. The van der Waals surface area contributed by atoms with Crippen LogP contribution in [0.1, 0.15) is 47.4 Å². The third-order valence-corrected chi connectivity index (χ3v) is 4.26. The van der Waals surface area contributed by atoms with Crippen molar-refractivity contribution in [1.82, 2.24) is 0 Å². The Balaban J connectivity index is 1.70. The van der Waals surface area contributed by atoms with E-state index in [1.165, 1.54) is 43.5 Å². The van der Waals surface area contributed by atoms with Crippen molar-refractivity contribution in [3.05, 3.63) is 59.7 Å². The maximum Gasteiger partial charge on any atom is 0.338 e. The lowest BCUT2D eigenvalue weighted by molar-refractivity contribution is -0.147. The van der Waals surface area contributed by atoms with Crippen molar-refractivity contribution in [2.75, 3.05) is 24.4 Å². The van der Waals surface area contributed by atoms with Gasteiger partial charge in [-0.3, -0.25) is 14.4 Å². The van der Waals surface area contributed by atoms with E-state index in [9.17, 15) is 24.0 Å². The van der Waals surface area contributed by atoms with Crippen LogP contribution in [0.25, 0.3) is 0 Å². The molecule has 2 aromatic rings. The number of ether oxygens (including phenoxy) is 3. The number of nitrogens with one attached hydrogen (secondary N) is 2. The molecule has 10 heteroatoms. The average molecular weight is 470 g/mol. The maximum atomic E-state index is 12.0. The molecule has 0 aromatic heterocycles. The minimum atomic E-state index is -0.710. The number of methoxy groups -OCH3 is 1. The molecule has 0 atom stereocenters. The number of anilines is 2. The highest BCUT2D eigenvalue weighted by molar-refractivity contribution is 5.96. The molecule has 10 nitrogen and oxygen atoms in total. The molecule has 0 heterocycles. The van der Waals surface area contributed by atoms with Gasteiger partial charge in [0.25, 0.3) is 5.91 Å². The molecule has 0 spiro atoms. The normalized spacial score (nSPS) is 10.2. The van der Waals surface area contributed by atoms with Crippen molar-refractivity contribution in [3.8, 4) is 0 Å². The number of rotatable bonds is 10. The fourth-order valence-corrected chi connectivity index (χ4v) is 2.63. The van der Waals surface area contributed by atoms with Crippen LogP contribution in [0.3, 0.4) is 0 Å². The van der Waals surface area contributed by atoms with Gasteiger partial charge in [0.05, 0.1) is 30.8 Å². The smallest absolute Gasteiger partial charge is 0.338 e. The molecule has 2 amide bonds. The van der Waals surface area contributed by atoms with Crippen LogP contribution >= 0.6 is 0 Å². The van der Waals surface area contributed by atoms with Gasteiger partial charge < -0.3 is 24.8 Å². The van der Waals surface area contributed by atoms with E-state index in [4.69, 9.17) is 9.47 Å². The van der Waals surface area contributed by atoms with Gasteiger partial charge >= 0.3 is 17.9 Å². The van der Waals surface area contributed by atoms with Crippen molar-refractivity contribution in [2.45, 2.75) is 32.8 Å². The van der Waals surface area contributed by atoms with Crippen LogP contribution in [0.4, 0.5) is 11.4 Å². The Kier molecular flexibility index (Phi) is 9.75. The lowest BCUT2D eigenvalue weighted by Gasteiger charge is -2.09. The first-order valence-electron chi connectivity index (χ1n) is 10.4. The summed E-state index contributed by atoms with van der Waals surface area (Å²) in [5.74, 6) is -2.67. The summed E-state index contributed by atoms with van der Waals surface area (Å²) in [4.78, 5) is 59.0. The molecular formula is C24H26N2O8. The van der Waals surface area contributed by atoms with E-state index in [-0.39, 0.29) is 18.9 Å². The van der Waals surface area contributed by atoms with Crippen LogP contribution in [0.15, 0.2) is 48.5 Å².